The molecule has 1 aliphatic rings. The predicted octanol–water partition coefficient (Wildman–Crippen LogP) is 0.326. The third kappa shape index (κ3) is 1.74. The second-order valence-electron chi connectivity index (χ2n) is 3.90. The molecule has 16 heavy (non-hydrogen) atoms. The van der Waals surface area contributed by atoms with Gasteiger partial charge in [-0.15, -0.1) is 0 Å². The van der Waals surface area contributed by atoms with Crippen LogP contribution in [0.2, 0.25) is 0 Å². The number of carbonyl (C=O) groups excluding carboxylic acids is 1. The molecule has 0 bridgehead atoms. The number of nitrogens with zero attached hydrogens (tertiary/aromatic N) is 2. The number of methoxy groups -OCH3 is 1. The summed E-state index contributed by atoms with van der Waals surface area (Å²) in [6, 6.07) is 1.43. The van der Waals surface area contributed by atoms with Crippen molar-refractivity contribution in [1.82, 2.24) is 4.98 Å². The van der Waals surface area contributed by atoms with E-state index in [0.29, 0.717) is 12.3 Å². The number of nitrogens with two attached hydrogens (primary N) is 1. The maximum atomic E-state index is 11.8. The molecule has 5 heteroatoms. The Balaban J connectivity index is 2.43. The van der Waals surface area contributed by atoms with Crippen molar-refractivity contribution in [3.63, 3.8) is 0 Å². The topological polar surface area (TPSA) is 68.5 Å². The fourth-order valence-electron chi connectivity index (χ4n) is 1.88. The Hall–Kier alpha value is -1.62. The van der Waals surface area contributed by atoms with Gasteiger partial charge in [-0.1, -0.05) is 0 Å². The maximum absolute atomic E-state index is 11.8. The number of amides is 1. The minimum Gasteiger partial charge on any atom is -0.481 e. The highest BCUT2D eigenvalue weighted by atomic mass is 16.5. The van der Waals surface area contributed by atoms with E-state index >= 15 is 0 Å². The lowest BCUT2D eigenvalue weighted by Gasteiger charge is -2.19. The van der Waals surface area contributed by atoms with Crippen LogP contribution in [0.1, 0.15) is 12.0 Å². The van der Waals surface area contributed by atoms with E-state index < -0.39 is 6.04 Å². The first-order valence-electron chi connectivity index (χ1n) is 5.19. The van der Waals surface area contributed by atoms with Gasteiger partial charge >= 0.3 is 0 Å². The predicted molar refractivity (Wildman–Crippen MR) is 60.5 cm³/mol. The smallest absolute Gasteiger partial charge is 0.243 e. The fraction of sp³-hybridized carbons (Fsp3) is 0.455. The number of pyridine rings is 1. The number of hydrogen-bond acceptors (Lipinski definition) is 4. The molecule has 5 nitrogen and oxygen atoms in total. The van der Waals surface area contributed by atoms with E-state index in [1.807, 2.05) is 6.07 Å². The average Bonchev–Trinajstić information content (AvgIpc) is 2.42. The van der Waals surface area contributed by atoms with Gasteiger partial charge in [-0.2, -0.15) is 0 Å². The molecule has 0 aromatic carbocycles. The highest BCUT2D eigenvalue weighted by Crippen LogP contribution is 2.27. The molecule has 0 unspecified atom stereocenters. The van der Waals surface area contributed by atoms with Crippen LogP contribution in [0.15, 0.2) is 12.3 Å². The highest BCUT2D eigenvalue weighted by molar-refractivity contribution is 5.97. The zero-order chi connectivity index (χ0) is 11.7. The number of carbonyl (C=O) groups is 1. The van der Waals surface area contributed by atoms with E-state index in [0.717, 1.165) is 17.7 Å². The van der Waals surface area contributed by atoms with Gasteiger partial charge in [-0.05, 0) is 18.4 Å². The van der Waals surface area contributed by atoms with E-state index in [1.165, 1.54) is 0 Å². The van der Waals surface area contributed by atoms with Crippen LogP contribution >= 0.6 is 0 Å². The lowest BCUT2D eigenvalue weighted by Crippen LogP contribution is -2.40. The van der Waals surface area contributed by atoms with Crippen molar-refractivity contribution in [2.24, 2.45) is 5.73 Å². The van der Waals surface area contributed by atoms with Gasteiger partial charge in [-0.25, -0.2) is 4.98 Å². The molecular formula is C11H15N3O2. The Morgan fingerprint density at radius 1 is 1.62 bits per heavy atom. The van der Waals surface area contributed by atoms with Gasteiger partial charge in [0, 0.05) is 13.1 Å². The summed E-state index contributed by atoms with van der Waals surface area (Å²) in [7, 11) is 3.30. The van der Waals surface area contributed by atoms with Crippen molar-refractivity contribution in [3.8, 4) is 5.88 Å². The van der Waals surface area contributed by atoms with Gasteiger partial charge in [0.1, 0.15) is 0 Å². The molecule has 0 fully saturated rings. The molecule has 0 saturated carbocycles. The van der Waals surface area contributed by atoms with Crippen molar-refractivity contribution < 1.29 is 9.53 Å². The van der Waals surface area contributed by atoms with Crippen LogP contribution in [0.4, 0.5) is 5.69 Å². The Kier molecular flexibility index (Phi) is 2.78. The van der Waals surface area contributed by atoms with Crippen molar-refractivity contribution >= 4 is 11.6 Å². The van der Waals surface area contributed by atoms with E-state index in [1.54, 1.807) is 25.3 Å². The van der Waals surface area contributed by atoms with Crippen molar-refractivity contribution in [1.29, 1.82) is 0 Å². The summed E-state index contributed by atoms with van der Waals surface area (Å²) in [6.07, 6.45) is 3.08. The first kappa shape index (κ1) is 10.9. The van der Waals surface area contributed by atoms with E-state index in [9.17, 15) is 4.79 Å². The van der Waals surface area contributed by atoms with Gasteiger partial charge in [0.05, 0.1) is 25.0 Å². The van der Waals surface area contributed by atoms with Gasteiger partial charge in [0.2, 0.25) is 11.8 Å². The summed E-state index contributed by atoms with van der Waals surface area (Å²) in [6.45, 7) is 0. The van der Waals surface area contributed by atoms with Crippen LogP contribution < -0.4 is 15.4 Å². The van der Waals surface area contributed by atoms with Crippen molar-refractivity contribution in [2.75, 3.05) is 19.1 Å². The number of aromatic nitrogens is 1. The number of aryl methyl sites for hydroxylation is 1. The molecule has 1 atom stereocenters. The van der Waals surface area contributed by atoms with Crippen LogP contribution in [0.25, 0.3) is 0 Å². The molecule has 2 rings (SSSR count). The van der Waals surface area contributed by atoms with Gasteiger partial charge in [-0.3, -0.25) is 4.79 Å². The minimum absolute atomic E-state index is 0.0642. The molecule has 1 aliphatic heterocycles. The number of hydrogen-bond donors (Lipinski definition) is 1. The van der Waals surface area contributed by atoms with E-state index in [2.05, 4.69) is 4.98 Å². The SMILES string of the molecule is COc1cc2c(cn1)N(C)C(=O)[C@@H](N)CC2. The third-order valence-corrected chi connectivity index (χ3v) is 2.88. The number of anilines is 1. The molecule has 0 spiro atoms. The molecule has 0 saturated heterocycles. The molecule has 0 radical (unpaired) electrons. The lowest BCUT2D eigenvalue weighted by molar-refractivity contribution is -0.119. The van der Waals surface area contributed by atoms with E-state index in [-0.39, 0.29) is 5.91 Å². The molecule has 1 aromatic rings. The first-order chi connectivity index (χ1) is 7.63. The molecule has 1 amide bonds. The summed E-state index contributed by atoms with van der Waals surface area (Å²) in [5.74, 6) is 0.501. The first-order valence-corrected chi connectivity index (χ1v) is 5.19. The average molecular weight is 221 g/mol. The summed E-state index contributed by atoms with van der Waals surface area (Å²) in [4.78, 5) is 17.5. The van der Waals surface area contributed by atoms with Crippen LogP contribution in [-0.4, -0.2) is 31.1 Å². The molecule has 0 aliphatic carbocycles. The van der Waals surface area contributed by atoms with E-state index in [4.69, 9.17) is 10.5 Å². The minimum atomic E-state index is -0.427. The summed E-state index contributed by atoms with van der Waals surface area (Å²) in [5.41, 5.74) is 7.65. The molecule has 1 aromatic heterocycles. The summed E-state index contributed by atoms with van der Waals surface area (Å²) in [5, 5.41) is 0. The van der Waals surface area contributed by atoms with Crippen LogP contribution in [-0.2, 0) is 11.2 Å². The van der Waals surface area contributed by atoms with Gasteiger partial charge < -0.3 is 15.4 Å². The largest absolute Gasteiger partial charge is 0.481 e. The number of likely N-dealkylation sites (N-methyl/N-ethyl adjacent to an activating group) is 1. The molecule has 86 valence electrons. The number of ether oxygens (including phenoxy) is 1. The fourth-order valence-corrected chi connectivity index (χ4v) is 1.88. The van der Waals surface area contributed by atoms with Crippen molar-refractivity contribution in [3.05, 3.63) is 17.8 Å². The second kappa shape index (κ2) is 4.09. The normalized spacial score (nSPS) is 20.3. The van der Waals surface area contributed by atoms with Crippen molar-refractivity contribution in [2.45, 2.75) is 18.9 Å². The Bertz CT molecular complexity index is 420. The Morgan fingerprint density at radius 2 is 2.38 bits per heavy atom. The second-order valence-corrected chi connectivity index (χ2v) is 3.90. The quantitative estimate of drug-likeness (QED) is 0.742. The van der Waals surface area contributed by atoms with Gasteiger partial charge in [0.25, 0.3) is 0 Å². The zero-order valence-corrected chi connectivity index (χ0v) is 9.43. The molecular weight excluding hydrogens is 206 g/mol. The maximum Gasteiger partial charge on any atom is 0.243 e. The molecule has 2 N–H and O–H groups in total. The van der Waals surface area contributed by atoms with Crippen LogP contribution in [0.3, 0.4) is 0 Å². The van der Waals surface area contributed by atoms with Crippen LogP contribution in [0.5, 0.6) is 5.88 Å². The van der Waals surface area contributed by atoms with Crippen LogP contribution in [0, 0.1) is 0 Å². The van der Waals surface area contributed by atoms with Gasteiger partial charge in [0.15, 0.2) is 0 Å². The highest BCUT2D eigenvalue weighted by Gasteiger charge is 2.25. The number of rotatable bonds is 1. The zero-order valence-electron chi connectivity index (χ0n) is 9.43. The lowest BCUT2D eigenvalue weighted by atomic mass is 10.1. The Morgan fingerprint density at radius 3 is 3.06 bits per heavy atom. The number of fused-ring (bicyclic) bond motifs is 1. The monoisotopic (exact) mass is 221 g/mol. The Labute approximate surface area is 94.2 Å². The summed E-state index contributed by atoms with van der Waals surface area (Å²) >= 11 is 0. The standard InChI is InChI=1S/C11H15N3O2/c1-14-9-6-13-10(16-2)5-7(9)3-4-8(12)11(14)15/h5-6,8H,3-4,12H2,1-2H3/t8-/m0/s1. The summed E-state index contributed by atoms with van der Waals surface area (Å²) < 4.78 is 5.06. The third-order valence-electron chi connectivity index (χ3n) is 2.88. The molecule has 2 heterocycles.